The molecule has 1 aliphatic heterocycles. The fourth-order valence-corrected chi connectivity index (χ4v) is 1.52. The average molecular weight is 208 g/mol. The van der Waals surface area contributed by atoms with Crippen LogP contribution in [0.2, 0.25) is 0 Å². The molecular weight excluding hydrogens is 195 g/mol. The second-order valence-electron chi connectivity index (χ2n) is 3.55. The number of hydrogen-bond acceptors (Lipinski definition) is 4. The Morgan fingerprint density at radius 1 is 1.27 bits per heavy atom. The van der Waals surface area contributed by atoms with Crippen LogP contribution < -0.4 is 10.2 Å². The summed E-state index contributed by atoms with van der Waals surface area (Å²) in [5.74, 6) is 0.731. The first kappa shape index (κ1) is 10.5. The van der Waals surface area contributed by atoms with Gasteiger partial charge in [0, 0.05) is 6.42 Å². The smallest absolute Gasteiger partial charge is 0.488 e. The molecule has 80 valence electrons. The highest BCUT2D eigenvalue weighted by molar-refractivity contribution is 6.58. The van der Waals surface area contributed by atoms with Gasteiger partial charge in [0.15, 0.2) is 0 Å². The zero-order valence-electron chi connectivity index (χ0n) is 8.30. The van der Waals surface area contributed by atoms with E-state index >= 15 is 0 Å². The van der Waals surface area contributed by atoms with Crippen LogP contribution in [0.4, 0.5) is 0 Å². The molecule has 0 aromatic heterocycles. The van der Waals surface area contributed by atoms with Crippen molar-refractivity contribution >= 4 is 12.6 Å². The first-order chi connectivity index (χ1) is 7.25. The standard InChI is InChI=1S/C10H13BO4/c12-11(13)8-1-3-9(4-2-8)15-10-5-6-14-7-10/h1-4,10,12-13H,5-7H2. The molecule has 0 saturated carbocycles. The van der Waals surface area contributed by atoms with Gasteiger partial charge in [0.1, 0.15) is 11.9 Å². The fourth-order valence-electron chi connectivity index (χ4n) is 1.52. The Kier molecular flexibility index (Phi) is 3.25. The summed E-state index contributed by atoms with van der Waals surface area (Å²) in [5.41, 5.74) is 0.463. The van der Waals surface area contributed by atoms with Crippen molar-refractivity contribution in [3.63, 3.8) is 0 Å². The van der Waals surface area contributed by atoms with Crippen LogP contribution in [0.5, 0.6) is 5.75 Å². The summed E-state index contributed by atoms with van der Waals surface area (Å²) in [5, 5.41) is 17.8. The first-order valence-corrected chi connectivity index (χ1v) is 4.96. The predicted molar refractivity (Wildman–Crippen MR) is 56.1 cm³/mol. The highest BCUT2D eigenvalue weighted by Gasteiger charge is 2.17. The molecule has 0 amide bonds. The maximum Gasteiger partial charge on any atom is 0.488 e. The molecule has 2 rings (SSSR count). The summed E-state index contributed by atoms with van der Waals surface area (Å²) < 4.78 is 10.8. The lowest BCUT2D eigenvalue weighted by Crippen LogP contribution is -2.29. The molecule has 0 aliphatic carbocycles. The normalized spacial score (nSPS) is 20.3. The van der Waals surface area contributed by atoms with Crippen LogP contribution >= 0.6 is 0 Å². The Morgan fingerprint density at radius 2 is 2.00 bits per heavy atom. The summed E-state index contributed by atoms with van der Waals surface area (Å²) in [6.07, 6.45) is 1.03. The minimum atomic E-state index is -1.42. The van der Waals surface area contributed by atoms with Gasteiger partial charge in [0.05, 0.1) is 13.2 Å². The number of benzene rings is 1. The van der Waals surface area contributed by atoms with E-state index in [1.807, 2.05) is 0 Å². The van der Waals surface area contributed by atoms with Crippen LogP contribution in [0.15, 0.2) is 24.3 Å². The van der Waals surface area contributed by atoms with Crippen molar-refractivity contribution in [3.8, 4) is 5.75 Å². The van der Waals surface area contributed by atoms with Crippen molar-refractivity contribution in [1.82, 2.24) is 0 Å². The van der Waals surface area contributed by atoms with E-state index in [4.69, 9.17) is 19.5 Å². The van der Waals surface area contributed by atoms with E-state index in [0.717, 1.165) is 18.8 Å². The van der Waals surface area contributed by atoms with Gasteiger partial charge in [-0.3, -0.25) is 0 Å². The van der Waals surface area contributed by atoms with Crippen LogP contribution in [-0.2, 0) is 4.74 Å². The van der Waals surface area contributed by atoms with Crippen LogP contribution in [0.3, 0.4) is 0 Å². The van der Waals surface area contributed by atoms with Gasteiger partial charge in [-0.1, -0.05) is 12.1 Å². The average Bonchev–Trinajstić information content (AvgIpc) is 2.71. The number of hydrogen-bond donors (Lipinski definition) is 2. The molecule has 5 heteroatoms. The Balaban J connectivity index is 1.97. The molecule has 1 aliphatic rings. The lowest BCUT2D eigenvalue weighted by atomic mass is 9.80. The largest absolute Gasteiger partial charge is 0.488 e. The van der Waals surface area contributed by atoms with Crippen LogP contribution in [0.1, 0.15) is 6.42 Å². The van der Waals surface area contributed by atoms with E-state index in [2.05, 4.69) is 0 Å². The predicted octanol–water partition coefficient (Wildman–Crippen LogP) is -0.466. The van der Waals surface area contributed by atoms with E-state index in [0.29, 0.717) is 12.1 Å². The lowest BCUT2D eigenvalue weighted by Gasteiger charge is -2.11. The number of rotatable bonds is 3. The van der Waals surface area contributed by atoms with Gasteiger partial charge in [-0.25, -0.2) is 0 Å². The van der Waals surface area contributed by atoms with Gasteiger partial charge >= 0.3 is 7.12 Å². The third-order valence-electron chi connectivity index (χ3n) is 2.37. The maximum absolute atomic E-state index is 8.89. The summed E-state index contributed by atoms with van der Waals surface area (Å²) in [4.78, 5) is 0. The Bertz CT molecular complexity index is 306. The third-order valence-corrected chi connectivity index (χ3v) is 2.37. The lowest BCUT2D eigenvalue weighted by molar-refractivity contribution is 0.141. The highest BCUT2D eigenvalue weighted by Crippen LogP contribution is 2.15. The van der Waals surface area contributed by atoms with Gasteiger partial charge in [-0.2, -0.15) is 0 Å². The Morgan fingerprint density at radius 3 is 2.53 bits per heavy atom. The summed E-state index contributed by atoms with van der Waals surface area (Å²) in [6, 6.07) is 6.73. The van der Waals surface area contributed by atoms with E-state index in [1.165, 1.54) is 0 Å². The molecule has 1 aromatic carbocycles. The Labute approximate surface area is 88.6 Å². The van der Waals surface area contributed by atoms with E-state index < -0.39 is 7.12 Å². The topological polar surface area (TPSA) is 58.9 Å². The Hall–Kier alpha value is -1.04. The molecule has 1 aromatic rings. The molecule has 1 atom stereocenters. The second-order valence-corrected chi connectivity index (χ2v) is 3.55. The van der Waals surface area contributed by atoms with Crippen molar-refractivity contribution < 1.29 is 19.5 Å². The minimum absolute atomic E-state index is 0.120. The van der Waals surface area contributed by atoms with Crippen LogP contribution in [0, 0.1) is 0 Å². The molecule has 0 bridgehead atoms. The summed E-state index contributed by atoms with van der Waals surface area (Å²) >= 11 is 0. The fraction of sp³-hybridized carbons (Fsp3) is 0.400. The van der Waals surface area contributed by atoms with Gasteiger partial charge in [-0.15, -0.1) is 0 Å². The summed E-state index contributed by atoms with van der Waals surface area (Å²) in [7, 11) is -1.42. The van der Waals surface area contributed by atoms with E-state index in [-0.39, 0.29) is 6.10 Å². The molecule has 1 unspecified atom stereocenters. The molecule has 0 spiro atoms. The van der Waals surface area contributed by atoms with Gasteiger partial charge < -0.3 is 19.5 Å². The van der Waals surface area contributed by atoms with E-state index in [1.54, 1.807) is 24.3 Å². The summed E-state index contributed by atoms with van der Waals surface area (Å²) in [6.45, 7) is 1.38. The minimum Gasteiger partial charge on any atom is -0.488 e. The van der Waals surface area contributed by atoms with Crippen molar-refractivity contribution in [2.24, 2.45) is 0 Å². The van der Waals surface area contributed by atoms with Crippen molar-refractivity contribution in [2.45, 2.75) is 12.5 Å². The highest BCUT2D eigenvalue weighted by atomic mass is 16.5. The van der Waals surface area contributed by atoms with Crippen molar-refractivity contribution in [3.05, 3.63) is 24.3 Å². The van der Waals surface area contributed by atoms with E-state index in [9.17, 15) is 0 Å². The van der Waals surface area contributed by atoms with Crippen molar-refractivity contribution in [2.75, 3.05) is 13.2 Å². The number of ether oxygens (including phenoxy) is 2. The van der Waals surface area contributed by atoms with Gasteiger partial charge in [0.2, 0.25) is 0 Å². The quantitative estimate of drug-likeness (QED) is 0.659. The van der Waals surface area contributed by atoms with Gasteiger partial charge in [0.25, 0.3) is 0 Å². The molecule has 0 radical (unpaired) electrons. The van der Waals surface area contributed by atoms with Gasteiger partial charge in [-0.05, 0) is 17.6 Å². The molecule has 1 fully saturated rings. The zero-order chi connectivity index (χ0) is 10.7. The molecule has 1 saturated heterocycles. The van der Waals surface area contributed by atoms with Crippen LogP contribution in [0.25, 0.3) is 0 Å². The molecule has 2 N–H and O–H groups in total. The third kappa shape index (κ3) is 2.71. The molecule has 4 nitrogen and oxygen atoms in total. The molecule has 1 heterocycles. The van der Waals surface area contributed by atoms with Crippen LogP contribution in [-0.4, -0.2) is 36.5 Å². The SMILES string of the molecule is OB(O)c1ccc(OC2CCOC2)cc1. The monoisotopic (exact) mass is 208 g/mol. The maximum atomic E-state index is 8.89. The van der Waals surface area contributed by atoms with Crippen molar-refractivity contribution in [1.29, 1.82) is 0 Å². The zero-order valence-corrected chi connectivity index (χ0v) is 8.30. The second kappa shape index (κ2) is 4.66. The first-order valence-electron chi connectivity index (χ1n) is 4.96. The molecule has 15 heavy (non-hydrogen) atoms. The molecular formula is C10H13BO4.